The van der Waals surface area contributed by atoms with Gasteiger partial charge in [0.25, 0.3) is 0 Å². The van der Waals surface area contributed by atoms with E-state index in [-0.39, 0.29) is 25.3 Å². The molecule has 0 aromatic heterocycles. The van der Waals surface area contributed by atoms with Crippen LogP contribution in [0.5, 0.6) is 5.75 Å². The zero-order valence-electron chi connectivity index (χ0n) is 26.3. The van der Waals surface area contributed by atoms with E-state index in [1.54, 1.807) is 47.5 Å². The molecule has 10 nitrogen and oxygen atoms in total. The predicted octanol–water partition coefficient (Wildman–Crippen LogP) is 6.14. The van der Waals surface area contributed by atoms with Gasteiger partial charge in [-0.3, -0.25) is 4.79 Å². The second-order valence-corrected chi connectivity index (χ2v) is 11.0. The normalized spacial score (nSPS) is 13.0. The van der Waals surface area contributed by atoms with Gasteiger partial charge < -0.3 is 20.5 Å². The highest BCUT2D eigenvalue weighted by Gasteiger charge is 2.29. The fourth-order valence-corrected chi connectivity index (χ4v) is 5.39. The zero-order valence-corrected chi connectivity index (χ0v) is 26.3. The number of imide groups is 1. The summed E-state index contributed by atoms with van der Waals surface area (Å²) in [5.74, 6) is -0.309. The Labute approximate surface area is 275 Å². The van der Waals surface area contributed by atoms with Crippen molar-refractivity contribution in [1.82, 2.24) is 15.6 Å². The van der Waals surface area contributed by atoms with Crippen molar-refractivity contribution in [2.24, 2.45) is 0 Å². The maximum Gasteiger partial charge on any atom is 0.429 e. The van der Waals surface area contributed by atoms with Gasteiger partial charge in [-0.15, -0.1) is 0 Å². The molecule has 10 heteroatoms. The number of phenolic OH excluding ortho intramolecular Hbond substituents is 1. The third-order valence-corrected chi connectivity index (χ3v) is 7.75. The summed E-state index contributed by atoms with van der Waals surface area (Å²) in [7, 11) is 0. The second-order valence-electron chi connectivity index (χ2n) is 11.0. The smallest absolute Gasteiger partial charge is 0.429 e. The molecule has 1 radical (unpaired) electrons. The molecule has 243 valence electrons. The van der Waals surface area contributed by atoms with Crippen LogP contribution in [0.25, 0.3) is 11.1 Å². The third-order valence-electron chi connectivity index (χ3n) is 7.75. The van der Waals surface area contributed by atoms with Gasteiger partial charge in [-0.2, -0.15) is 0 Å². The summed E-state index contributed by atoms with van der Waals surface area (Å²) < 4.78 is 5.73. The number of nitrogens with zero attached hydrogens (tertiary/aromatic N) is 3. The molecule has 4 aromatic carbocycles. The van der Waals surface area contributed by atoms with E-state index < -0.39 is 18.0 Å². The van der Waals surface area contributed by atoms with Gasteiger partial charge in [-0.05, 0) is 49.1 Å². The average Bonchev–Trinajstić information content (AvgIpc) is 3.11. The van der Waals surface area contributed by atoms with Gasteiger partial charge in [0.2, 0.25) is 5.91 Å². The molecule has 4 aromatic rings. The van der Waals surface area contributed by atoms with Crippen LogP contribution >= 0.6 is 0 Å². The first-order chi connectivity index (χ1) is 23.0. The van der Waals surface area contributed by atoms with Crippen molar-refractivity contribution >= 4 is 29.4 Å². The number of piperidine rings is 1. The summed E-state index contributed by atoms with van der Waals surface area (Å²) in [6, 6.07) is 32.6. The molecule has 1 aliphatic rings. The Balaban J connectivity index is 1.22. The van der Waals surface area contributed by atoms with Gasteiger partial charge in [0.15, 0.2) is 0 Å². The summed E-state index contributed by atoms with van der Waals surface area (Å²) in [5, 5.41) is 19.4. The maximum absolute atomic E-state index is 13.7. The number of anilines is 2. The highest BCUT2D eigenvalue weighted by molar-refractivity contribution is 6.14. The zero-order chi connectivity index (χ0) is 32.8. The summed E-state index contributed by atoms with van der Waals surface area (Å²) in [5.41, 5.74) is 3.70. The van der Waals surface area contributed by atoms with Crippen LogP contribution < -0.4 is 20.5 Å². The first kappa shape index (κ1) is 33.2. The molecule has 1 aliphatic heterocycles. The molecule has 4 amide bonds. The predicted molar refractivity (Wildman–Crippen MR) is 183 cm³/mol. The van der Waals surface area contributed by atoms with Crippen LogP contribution in [0.15, 0.2) is 109 Å². The SMILES string of the molecule is O=C(CCOC(=O)N(c1ccccc1-c1ccccc1)N1CC[CH]CC1)N(C(=O)NCCNCc1ccccc1O)c1ccccc1. The van der Waals surface area contributed by atoms with E-state index in [2.05, 4.69) is 17.1 Å². The molecule has 0 spiro atoms. The van der Waals surface area contributed by atoms with Gasteiger partial charge in [0.1, 0.15) is 12.4 Å². The fraction of sp³-hybridized carbons (Fsp3) is 0.243. The van der Waals surface area contributed by atoms with Crippen molar-refractivity contribution in [2.75, 3.05) is 42.7 Å². The fourth-order valence-electron chi connectivity index (χ4n) is 5.39. The molecular weight excluding hydrogens is 594 g/mol. The van der Waals surface area contributed by atoms with E-state index in [1.165, 1.54) is 0 Å². The van der Waals surface area contributed by atoms with Gasteiger partial charge in [0, 0.05) is 43.9 Å². The lowest BCUT2D eigenvalue weighted by atomic mass is 10.0. The molecule has 1 saturated heterocycles. The molecule has 1 heterocycles. The average molecular weight is 635 g/mol. The molecule has 0 saturated carbocycles. The number of rotatable bonds is 12. The van der Waals surface area contributed by atoms with E-state index in [4.69, 9.17) is 4.74 Å². The van der Waals surface area contributed by atoms with Crippen LogP contribution in [0.1, 0.15) is 24.8 Å². The topological polar surface area (TPSA) is 114 Å². The number of benzene rings is 4. The maximum atomic E-state index is 13.7. The number of carbonyl (C=O) groups is 3. The Morgan fingerprint density at radius 3 is 2.19 bits per heavy atom. The molecular formula is C37H40N5O5. The first-order valence-corrected chi connectivity index (χ1v) is 15.8. The summed E-state index contributed by atoms with van der Waals surface area (Å²) in [4.78, 5) is 41.5. The summed E-state index contributed by atoms with van der Waals surface area (Å²) in [6.07, 6.45) is 3.09. The summed E-state index contributed by atoms with van der Waals surface area (Å²) >= 11 is 0. The lowest BCUT2D eigenvalue weighted by Gasteiger charge is -2.37. The Kier molecular flexibility index (Phi) is 12.0. The number of phenols is 1. The largest absolute Gasteiger partial charge is 0.508 e. The minimum absolute atomic E-state index is 0.193. The Morgan fingerprint density at radius 2 is 1.45 bits per heavy atom. The van der Waals surface area contributed by atoms with E-state index in [0.29, 0.717) is 37.6 Å². The van der Waals surface area contributed by atoms with Crippen molar-refractivity contribution in [2.45, 2.75) is 25.8 Å². The van der Waals surface area contributed by atoms with Gasteiger partial charge >= 0.3 is 12.1 Å². The molecule has 5 rings (SSSR count). The minimum Gasteiger partial charge on any atom is -0.508 e. The van der Waals surface area contributed by atoms with Crippen LogP contribution in [0.3, 0.4) is 0 Å². The number of aromatic hydroxyl groups is 1. The van der Waals surface area contributed by atoms with Crippen molar-refractivity contribution in [3.05, 3.63) is 121 Å². The molecule has 47 heavy (non-hydrogen) atoms. The number of para-hydroxylation sites is 3. The number of urea groups is 1. The van der Waals surface area contributed by atoms with E-state index in [9.17, 15) is 19.5 Å². The van der Waals surface area contributed by atoms with Gasteiger partial charge in [-0.1, -0.05) is 84.9 Å². The van der Waals surface area contributed by atoms with Gasteiger partial charge in [0.05, 0.1) is 17.8 Å². The quantitative estimate of drug-likeness (QED) is 0.161. The monoisotopic (exact) mass is 634 g/mol. The van der Waals surface area contributed by atoms with Crippen molar-refractivity contribution in [1.29, 1.82) is 0 Å². The van der Waals surface area contributed by atoms with Crippen LogP contribution in [0, 0.1) is 6.42 Å². The lowest BCUT2D eigenvalue weighted by molar-refractivity contribution is -0.118. The number of hydrazine groups is 1. The van der Waals surface area contributed by atoms with Crippen LogP contribution in [-0.2, 0) is 16.1 Å². The highest BCUT2D eigenvalue weighted by Crippen LogP contribution is 2.33. The molecule has 0 bridgehead atoms. The van der Waals surface area contributed by atoms with Crippen molar-refractivity contribution < 1.29 is 24.2 Å². The number of nitrogens with one attached hydrogen (secondary N) is 2. The summed E-state index contributed by atoms with van der Waals surface area (Å²) in [6.45, 7) is 2.20. The van der Waals surface area contributed by atoms with Gasteiger partial charge in [-0.25, -0.2) is 24.5 Å². The number of hydrogen-bond donors (Lipinski definition) is 3. The first-order valence-electron chi connectivity index (χ1n) is 15.8. The van der Waals surface area contributed by atoms with Crippen LogP contribution in [-0.4, -0.2) is 60.9 Å². The highest BCUT2D eigenvalue weighted by atomic mass is 16.6. The number of hydrogen-bond acceptors (Lipinski definition) is 7. The number of carbonyl (C=O) groups excluding carboxylic acids is 3. The Bertz CT molecular complexity index is 1610. The van der Waals surface area contributed by atoms with E-state index in [0.717, 1.165) is 34.4 Å². The van der Waals surface area contributed by atoms with Crippen LogP contribution in [0.4, 0.5) is 21.0 Å². The molecule has 1 fully saturated rings. The molecule has 0 aliphatic carbocycles. The van der Waals surface area contributed by atoms with Crippen molar-refractivity contribution in [3.63, 3.8) is 0 Å². The van der Waals surface area contributed by atoms with E-state index in [1.807, 2.05) is 71.7 Å². The Hall–Kier alpha value is -5.19. The molecule has 3 N–H and O–H groups in total. The van der Waals surface area contributed by atoms with Crippen LogP contribution in [0.2, 0.25) is 0 Å². The number of amides is 4. The molecule has 0 atom stereocenters. The standard InChI is InChI=1S/C37H40N5O5/c43-34-21-11-8-16-30(34)28-38-23-24-39-36(45)41(31-17-6-2-7-18-31)35(44)22-27-47-37(46)42(40-25-12-3-13-26-40)33-20-10-9-19-32(33)29-14-4-1-5-15-29/h1-11,14-21,38,43H,12-13,22-28H2,(H,39,45). The minimum atomic E-state index is -0.589. The van der Waals surface area contributed by atoms with Crippen molar-refractivity contribution in [3.8, 4) is 16.9 Å². The molecule has 0 unspecified atom stereocenters. The lowest BCUT2D eigenvalue weighted by Crippen LogP contribution is -2.50. The Morgan fingerprint density at radius 1 is 0.787 bits per heavy atom. The third kappa shape index (κ3) is 8.96. The number of ether oxygens (including phenoxy) is 1. The second kappa shape index (κ2) is 16.9. The van der Waals surface area contributed by atoms with E-state index >= 15 is 0 Å².